The van der Waals surface area contributed by atoms with E-state index in [0.29, 0.717) is 16.6 Å². The Bertz CT molecular complexity index is 467. The predicted molar refractivity (Wildman–Crippen MR) is 85.4 cm³/mol. The van der Waals surface area contributed by atoms with Crippen molar-refractivity contribution in [3.05, 3.63) is 34.3 Å². The molecular weight excluding hydrogens is 270 g/mol. The third kappa shape index (κ3) is 3.74. The lowest BCUT2D eigenvalue weighted by Gasteiger charge is -2.33. The van der Waals surface area contributed by atoms with Gasteiger partial charge in [-0.1, -0.05) is 49.9 Å². The first-order valence-electron chi connectivity index (χ1n) is 7.48. The molecular formula is C16H24ClN3. The van der Waals surface area contributed by atoms with Crippen molar-refractivity contribution in [3.63, 3.8) is 0 Å². The zero-order valence-corrected chi connectivity index (χ0v) is 12.9. The largest absolute Gasteiger partial charge is 0.384 e. The second kappa shape index (κ2) is 7.09. The van der Waals surface area contributed by atoms with Gasteiger partial charge in [-0.2, -0.15) is 0 Å². The summed E-state index contributed by atoms with van der Waals surface area (Å²) in [5.74, 6) is 0.0677. The Morgan fingerprint density at radius 1 is 1.35 bits per heavy atom. The van der Waals surface area contributed by atoms with Crippen LogP contribution in [0.15, 0.2) is 18.2 Å². The van der Waals surface area contributed by atoms with E-state index in [-0.39, 0.29) is 5.84 Å². The summed E-state index contributed by atoms with van der Waals surface area (Å²) in [6.45, 7) is 4.15. The smallest absolute Gasteiger partial charge is 0.122 e. The Morgan fingerprint density at radius 3 is 2.60 bits per heavy atom. The maximum Gasteiger partial charge on any atom is 0.122 e. The fraction of sp³-hybridized carbons (Fsp3) is 0.562. The minimum absolute atomic E-state index is 0.0677. The molecule has 0 unspecified atom stereocenters. The molecule has 0 aromatic heterocycles. The fourth-order valence-electron chi connectivity index (χ4n) is 3.01. The maximum absolute atomic E-state index is 7.45. The highest BCUT2D eigenvalue weighted by atomic mass is 35.5. The van der Waals surface area contributed by atoms with Gasteiger partial charge < -0.3 is 5.73 Å². The molecule has 3 N–H and O–H groups in total. The van der Waals surface area contributed by atoms with E-state index in [1.807, 2.05) is 12.1 Å². The number of nitrogens with two attached hydrogens (primary N) is 1. The Balaban J connectivity index is 2.08. The standard InChI is InChI=1S/C16H24ClN3/c1-2-20(14-6-4-3-5-7-14)11-13-9-8-12(16(18)19)10-15(13)17/h8-10,14H,2-7,11H2,1H3,(H3,18,19). The average Bonchev–Trinajstić information content (AvgIpc) is 2.46. The molecule has 20 heavy (non-hydrogen) atoms. The van der Waals surface area contributed by atoms with Crippen LogP contribution in [0.4, 0.5) is 0 Å². The molecule has 1 fully saturated rings. The average molecular weight is 294 g/mol. The predicted octanol–water partition coefficient (Wildman–Crippen LogP) is 3.78. The van der Waals surface area contributed by atoms with Crippen LogP contribution in [0.3, 0.4) is 0 Å². The molecule has 0 radical (unpaired) electrons. The first-order chi connectivity index (χ1) is 9.61. The van der Waals surface area contributed by atoms with E-state index >= 15 is 0 Å². The maximum atomic E-state index is 7.45. The van der Waals surface area contributed by atoms with E-state index in [9.17, 15) is 0 Å². The van der Waals surface area contributed by atoms with Crippen LogP contribution in [0, 0.1) is 5.41 Å². The van der Waals surface area contributed by atoms with E-state index in [0.717, 1.165) is 18.7 Å². The van der Waals surface area contributed by atoms with Crippen molar-refractivity contribution in [1.29, 1.82) is 5.41 Å². The van der Waals surface area contributed by atoms with E-state index < -0.39 is 0 Å². The van der Waals surface area contributed by atoms with Crippen LogP contribution in [0.5, 0.6) is 0 Å². The number of nitrogens with zero attached hydrogens (tertiary/aromatic N) is 1. The molecule has 0 atom stereocenters. The normalized spacial score (nSPS) is 16.6. The number of rotatable bonds is 5. The van der Waals surface area contributed by atoms with Crippen LogP contribution in [-0.4, -0.2) is 23.3 Å². The molecule has 0 amide bonds. The molecule has 3 nitrogen and oxygen atoms in total. The lowest BCUT2D eigenvalue weighted by Crippen LogP contribution is -2.36. The summed E-state index contributed by atoms with van der Waals surface area (Å²) < 4.78 is 0. The Labute approximate surface area is 126 Å². The van der Waals surface area contributed by atoms with Gasteiger partial charge >= 0.3 is 0 Å². The molecule has 110 valence electrons. The van der Waals surface area contributed by atoms with E-state index in [1.54, 1.807) is 6.07 Å². The van der Waals surface area contributed by atoms with Gasteiger partial charge in [0.2, 0.25) is 0 Å². The summed E-state index contributed by atoms with van der Waals surface area (Å²) in [7, 11) is 0. The first kappa shape index (κ1) is 15.3. The third-order valence-electron chi connectivity index (χ3n) is 4.23. The van der Waals surface area contributed by atoms with Crippen molar-refractivity contribution in [1.82, 2.24) is 4.90 Å². The highest BCUT2D eigenvalue weighted by Gasteiger charge is 2.20. The lowest BCUT2D eigenvalue weighted by molar-refractivity contribution is 0.156. The van der Waals surface area contributed by atoms with Gasteiger partial charge in [-0.15, -0.1) is 0 Å². The second-order valence-corrected chi connectivity index (χ2v) is 5.98. The van der Waals surface area contributed by atoms with Gasteiger partial charge in [0.25, 0.3) is 0 Å². The fourth-order valence-corrected chi connectivity index (χ4v) is 3.25. The number of benzene rings is 1. The molecule has 0 heterocycles. The van der Waals surface area contributed by atoms with Crippen LogP contribution in [0.1, 0.15) is 50.2 Å². The topological polar surface area (TPSA) is 53.1 Å². The quantitative estimate of drug-likeness (QED) is 0.641. The van der Waals surface area contributed by atoms with Gasteiger partial charge in [0.1, 0.15) is 5.84 Å². The van der Waals surface area contributed by atoms with Crippen LogP contribution in [0.25, 0.3) is 0 Å². The number of halogens is 1. The number of nitrogens with one attached hydrogen (secondary N) is 1. The minimum Gasteiger partial charge on any atom is -0.384 e. The summed E-state index contributed by atoms with van der Waals surface area (Å²) >= 11 is 6.33. The minimum atomic E-state index is 0.0677. The van der Waals surface area contributed by atoms with E-state index in [2.05, 4.69) is 11.8 Å². The lowest BCUT2D eigenvalue weighted by atomic mass is 9.94. The van der Waals surface area contributed by atoms with Crippen molar-refractivity contribution in [2.45, 2.75) is 51.6 Å². The molecule has 0 bridgehead atoms. The van der Waals surface area contributed by atoms with Gasteiger partial charge in [-0.05, 0) is 31.0 Å². The molecule has 0 saturated heterocycles. The van der Waals surface area contributed by atoms with Crippen molar-refractivity contribution in [2.75, 3.05) is 6.54 Å². The van der Waals surface area contributed by atoms with Gasteiger partial charge in [0, 0.05) is 23.2 Å². The number of nitrogen functional groups attached to an aromatic ring is 1. The van der Waals surface area contributed by atoms with E-state index in [1.165, 1.54) is 32.1 Å². The van der Waals surface area contributed by atoms with Crippen LogP contribution in [-0.2, 0) is 6.54 Å². The van der Waals surface area contributed by atoms with Gasteiger partial charge in [-0.3, -0.25) is 10.3 Å². The second-order valence-electron chi connectivity index (χ2n) is 5.57. The molecule has 1 aromatic carbocycles. The van der Waals surface area contributed by atoms with Crippen LogP contribution < -0.4 is 5.73 Å². The monoisotopic (exact) mass is 293 g/mol. The van der Waals surface area contributed by atoms with Crippen LogP contribution in [0.2, 0.25) is 5.02 Å². The van der Waals surface area contributed by atoms with Gasteiger partial charge in [0.05, 0.1) is 0 Å². The number of hydrogen-bond acceptors (Lipinski definition) is 2. The summed E-state index contributed by atoms with van der Waals surface area (Å²) in [4.78, 5) is 2.52. The number of hydrogen-bond donors (Lipinski definition) is 2. The first-order valence-corrected chi connectivity index (χ1v) is 7.86. The molecule has 0 spiro atoms. The molecule has 1 aliphatic carbocycles. The van der Waals surface area contributed by atoms with Gasteiger partial charge in [0.15, 0.2) is 0 Å². The van der Waals surface area contributed by atoms with Crippen molar-refractivity contribution in [2.24, 2.45) is 5.73 Å². The zero-order valence-electron chi connectivity index (χ0n) is 12.2. The highest BCUT2D eigenvalue weighted by Crippen LogP contribution is 2.26. The van der Waals surface area contributed by atoms with E-state index in [4.69, 9.17) is 22.7 Å². The molecule has 1 saturated carbocycles. The summed E-state index contributed by atoms with van der Waals surface area (Å²) in [6, 6.07) is 6.38. The highest BCUT2D eigenvalue weighted by molar-refractivity contribution is 6.31. The molecule has 1 aromatic rings. The summed E-state index contributed by atoms with van der Waals surface area (Å²) in [5.41, 5.74) is 7.31. The zero-order chi connectivity index (χ0) is 14.5. The molecule has 1 aliphatic rings. The molecule has 0 aliphatic heterocycles. The summed E-state index contributed by atoms with van der Waals surface area (Å²) in [6.07, 6.45) is 6.67. The van der Waals surface area contributed by atoms with Crippen molar-refractivity contribution >= 4 is 17.4 Å². The SMILES string of the molecule is CCN(Cc1ccc(C(=N)N)cc1Cl)C1CCCCC1. The Kier molecular flexibility index (Phi) is 5.44. The third-order valence-corrected chi connectivity index (χ3v) is 4.59. The molecule has 2 rings (SSSR count). The van der Waals surface area contributed by atoms with Gasteiger partial charge in [-0.25, -0.2) is 0 Å². The Hall–Kier alpha value is -1.06. The van der Waals surface area contributed by atoms with Crippen molar-refractivity contribution in [3.8, 4) is 0 Å². The number of amidine groups is 1. The van der Waals surface area contributed by atoms with Crippen molar-refractivity contribution < 1.29 is 0 Å². The van der Waals surface area contributed by atoms with Crippen LogP contribution >= 0.6 is 11.6 Å². The summed E-state index contributed by atoms with van der Waals surface area (Å²) in [5, 5.41) is 8.16. The Morgan fingerprint density at radius 2 is 2.05 bits per heavy atom. The molecule has 4 heteroatoms.